The molecule has 3 nitrogen and oxygen atoms in total. The minimum absolute atomic E-state index is 0.0778. The fourth-order valence-electron chi connectivity index (χ4n) is 2.70. The number of pyridine rings is 1. The number of nitrogens with zero attached hydrogens (tertiary/aromatic N) is 1. The third kappa shape index (κ3) is 3.57. The van der Waals surface area contributed by atoms with E-state index in [9.17, 15) is 8.78 Å². The number of halogens is 4. The van der Waals surface area contributed by atoms with E-state index in [0.29, 0.717) is 17.1 Å². The van der Waals surface area contributed by atoms with Crippen molar-refractivity contribution in [2.45, 2.75) is 12.5 Å². The second kappa shape index (κ2) is 6.99. The molecule has 0 amide bonds. The second-order valence-electron chi connectivity index (χ2n) is 5.40. The van der Waals surface area contributed by atoms with Gasteiger partial charge in [0.1, 0.15) is 16.9 Å². The summed E-state index contributed by atoms with van der Waals surface area (Å²) in [5.41, 5.74) is 0.700. The summed E-state index contributed by atoms with van der Waals surface area (Å²) >= 11 is 11.9. The maximum Gasteiger partial charge on any atom is 0.177 e. The number of ether oxygens (including phenoxy) is 1. The van der Waals surface area contributed by atoms with Crippen LogP contribution in [0.1, 0.15) is 18.1 Å². The summed E-state index contributed by atoms with van der Waals surface area (Å²) in [4.78, 5) is 4.05. The molecule has 1 aromatic carbocycles. The molecule has 122 valence electrons. The molecule has 1 aromatic heterocycles. The maximum absolute atomic E-state index is 14.0. The van der Waals surface area contributed by atoms with E-state index in [2.05, 4.69) is 10.3 Å². The summed E-state index contributed by atoms with van der Waals surface area (Å²) in [7, 11) is 0. The van der Waals surface area contributed by atoms with Gasteiger partial charge in [-0.15, -0.1) is 0 Å². The summed E-state index contributed by atoms with van der Waals surface area (Å²) in [6, 6.07) is 3.68. The highest BCUT2D eigenvalue weighted by molar-refractivity contribution is 6.32. The molecule has 23 heavy (non-hydrogen) atoms. The molecule has 0 unspecified atom stereocenters. The van der Waals surface area contributed by atoms with Gasteiger partial charge >= 0.3 is 0 Å². The van der Waals surface area contributed by atoms with Gasteiger partial charge in [-0.05, 0) is 31.2 Å². The van der Waals surface area contributed by atoms with E-state index in [1.54, 1.807) is 12.3 Å². The van der Waals surface area contributed by atoms with Crippen LogP contribution in [-0.2, 0) is 0 Å². The average molecular weight is 359 g/mol. The van der Waals surface area contributed by atoms with E-state index in [-0.39, 0.29) is 16.7 Å². The topological polar surface area (TPSA) is 34.1 Å². The summed E-state index contributed by atoms with van der Waals surface area (Å²) in [5, 5.41) is 3.32. The Labute approximate surface area is 142 Å². The smallest absolute Gasteiger partial charge is 0.177 e. The zero-order chi connectivity index (χ0) is 16.4. The van der Waals surface area contributed by atoms with Gasteiger partial charge in [-0.3, -0.25) is 4.98 Å². The van der Waals surface area contributed by atoms with Gasteiger partial charge in [0.25, 0.3) is 0 Å². The number of hydrogen-bond acceptors (Lipinski definition) is 3. The third-order valence-corrected chi connectivity index (χ3v) is 4.39. The minimum atomic E-state index is -0.726. The summed E-state index contributed by atoms with van der Waals surface area (Å²) in [5.74, 6) is -1.64. The number of nitrogens with one attached hydrogen (secondary N) is 1. The molecule has 2 atom stereocenters. The molecule has 1 N–H and O–H groups in total. The van der Waals surface area contributed by atoms with Crippen molar-refractivity contribution in [2.75, 3.05) is 13.1 Å². The Hall–Kier alpha value is -1.43. The normalized spacial score (nSPS) is 18.9. The molecular formula is C16H14Cl2F2N2O. The molecule has 7 heteroatoms. The first-order chi connectivity index (χ1) is 11.1. The molecule has 1 aliphatic rings. The van der Waals surface area contributed by atoms with Gasteiger partial charge in [0, 0.05) is 30.4 Å². The summed E-state index contributed by atoms with van der Waals surface area (Å²) < 4.78 is 33.5. The fourth-order valence-corrected chi connectivity index (χ4v) is 3.08. The van der Waals surface area contributed by atoms with Crippen molar-refractivity contribution in [3.8, 4) is 5.75 Å². The van der Waals surface area contributed by atoms with E-state index in [1.807, 2.05) is 0 Å². The van der Waals surface area contributed by atoms with Crippen LogP contribution in [0.4, 0.5) is 8.78 Å². The monoisotopic (exact) mass is 358 g/mol. The van der Waals surface area contributed by atoms with E-state index in [4.69, 9.17) is 27.9 Å². The molecule has 1 saturated heterocycles. The molecule has 2 heterocycles. The average Bonchev–Trinajstić information content (AvgIpc) is 3.05. The van der Waals surface area contributed by atoms with Crippen LogP contribution in [0.25, 0.3) is 0 Å². The van der Waals surface area contributed by atoms with Gasteiger partial charge in [-0.25, -0.2) is 8.78 Å². The van der Waals surface area contributed by atoms with Gasteiger partial charge in [0.15, 0.2) is 11.6 Å². The summed E-state index contributed by atoms with van der Waals surface area (Å²) in [6.45, 7) is 1.53. The molecule has 0 radical (unpaired) electrons. The molecular weight excluding hydrogens is 345 g/mol. The Kier molecular flexibility index (Phi) is 4.99. The first-order valence-electron chi connectivity index (χ1n) is 7.17. The van der Waals surface area contributed by atoms with Crippen molar-refractivity contribution in [1.82, 2.24) is 10.3 Å². The summed E-state index contributed by atoms with van der Waals surface area (Å²) in [6.07, 6.45) is 3.43. The molecule has 1 aliphatic heterocycles. The lowest BCUT2D eigenvalue weighted by Gasteiger charge is -2.25. The van der Waals surface area contributed by atoms with Crippen LogP contribution in [0.2, 0.25) is 10.0 Å². The van der Waals surface area contributed by atoms with Gasteiger partial charge in [0.2, 0.25) is 0 Å². The lowest BCUT2D eigenvalue weighted by molar-refractivity contribution is 0.137. The maximum atomic E-state index is 14.0. The first-order valence-corrected chi connectivity index (χ1v) is 7.93. The lowest BCUT2D eigenvalue weighted by Crippen LogP contribution is -2.22. The molecule has 0 aliphatic carbocycles. The molecule has 2 aromatic rings. The second-order valence-corrected chi connectivity index (χ2v) is 6.21. The van der Waals surface area contributed by atoms with Crippen LogP contribution in [0.3, 0.4) is 0 Å². The molecule has 3 rings (SSSR count). The largest absolute Gasteiger partial charge is 0.481 e. The van der Waals surface area contributed by atoms with Crippen LogP contribution in [-0.4, -0.2) is 18.1 Å². The van der Waals surface area contributed by atoms with Crippen LogP contribution in [0.5, 0.6) is 5.75 Å². The van der Waals surface area contributed by atoms with Crippen LogP contribution in [0.15, 0.2) is 30.6 Å². The Balaban J connectivity index is 1.98. The molecule has 1 fully saturated rings. The minimum Gasteiger partial charge on any atom is -0.481 e. The molecule has 0 saturated carbocycles. The number of rotatable bonds is 4. The molecule has 0 spiro atoms. The zero-order valence-electron chi connectivity index (χ0n) is 12.0. The number of hydrogen-bond donors (Lipinski definition) is 1. The number of benzene rings is 1. The highest BCUT2D eigenvalue weighted by Gasteiger charge is 2.30. The van der Waals surface area contributed by atoms with Crippen LogP contribution < -0.4 is 10.1 Å². The Morgan fingerprint density at radius 1 is 1.22 bits per heavy atom. The SMILES string of the molecule is Fc1ccc(F)c(O[C@@H](c2cncc(Cl)c2)[C@H]2CCNC2)c1Cl. The predicted molar refractivity (Wildman–Crippen MR) is 85.0 cm³/mol. The van der Waals surface area contributed by atoms with E-state index in [1.165, 1.54) is 6.20 Å². The van der Waals surface area contributed by atoms with Gasteiger partial charge in [-0.2, -0.15) is 0 Å². The highest BCUT2D eigenvalue weighted by Crippen LogP contribution is 2.38. The highest BCUT2D eigenvalue weighted by atomic mass is 35.5. The Morgan fingerprint density at radius 2 is 2.00 bits per heavy atom. The lowest BCUT2D eigenvalue weighted by atomic mass is 9.96. The van der Waals surface area contributed by atoms with Crippen molar-refractivity contribution in [3.05, 3.63) is 57.8 Å². The Bertz CT molecular complexity index is 708. The van der Waals surface area contributed by atoms with Crippen LogP contribution >= 0.6 is 23.2 Å². The zero-order valence-corrected chi connectivity index (χ0v) is 13.5. The van der Waals surface area contributed by atoms with Crippen molar-refractivity contribution in [3.63, 3.8) is 0 Å². The van der Waals surface area contributed by atoms with Crippen molar-refractivity contribution in [2.24, 2.45) is 5.92 Å². The van der Waals surface area contributed by atoms with Gasteiger partial charge in [0.05, 0.1) is 5.02 Å². The van der Waals surface area contributed by atoms with Crippen molar-refractivity contribution >= 4 is 23.2 Å². The third-order valence-electron chi connectivity index (χ3n) is 3.83. The number of aromatic nitrogens is 1. The molecule has 0 bridgehead atoms. The van der Waals surface area contributed by atoms with Gasteiger partial charge in [-0.1, -0.05) is 23.2 Å². The van der Waals surface area contributed by atoms with Crippen LogP contribution in [0, 0.1) is 17.6 Å². The predicted octanol–water partition coefficient (Wildman–Crippen LogP) is 4.40. The van der Waals surface area contributed by atoms with E-state index < -0.39 is 17.7 Å². The first kappa shape index (κ1) is 16.4. The quantitative estimate of drug-likeness (QED) is 0.822. The van der Waals surface area contributed by atoms with E-state index >= 15 is 0 Å². The fraction of sp³-hybridized carbons (Fsp3) is 0.312. The van der Waals surface area contributed by atoms with Crippen molar-refractivity contribution in [1.29, 1.82) is 0 Å². The standard InChI is InChI=1S/C16H14Cl2F2N2O/c17-11-5-10(7-22-8-11)15(9-3-4-21-6-9)23-16-13(20)2-1-12(19)14(16)18/h1-2,5,7-9,15,21H,3-4,6H2/t9-,15+/m0/s1. The Morgan fingerprint density at radius 3 is 2.70 bits per heavy atom. The van der Waals surface area contributed by atoms with Crippen molar-refractivity contribution < 1.29 is 13.5 Å². The van der Waals surface area contributed by atoms with E-state index in [0.717, 1.165) is 25.1 Å². The van der Waals surface area contributed by atoms with Gasteiger partial charge < -0.3 is 10.1 Å².